The van der Waals surface area contributed by atoms with Crippen molar-refractivity contribution in [2.45, 2.75) is 24.9 Å². The molecule has 0 bridgehead atoms. The van der Waals surface area contributed by atoms with Crippen molar-refractivity contribution in [1.82, 2.24) is 5.32 Å². The Morgan fingerprint density at radius 3 is 2.06 bits per heavy atom. The zero-order chi connectivity index (χ0) is 24.4. The SMILES string of the molecule is O=C1N=C(NC(=O)OCc2ccccc2)C(c2ccc(-c3ccc(C4(C(=O)O)CC4)cc3)cc2)=N1. The van der Waals surface area contributed by atoms with Gasteiger partial charge in [0.2, 0.25) is 0 Å². The summed E-state index contributed by atoms with van der Waals surface area (Å²) in [5.74, 6) is -0.745. The van der Waals surface area contributed by atoms with E-state index in [9.17, 15) is 19.5 Å². The van der Waals surface area contributed by atoms with Gasteiger partial charge in [0.15, 0.2) is 5.84 Å². The Kier molecular flexibility index (Phi) is 5.70. The number of rotatable bonds is 6. The van der Waals surface area contributed by atoms with Gasteiger partial charge in [-0.1, -0.05) is 78.9 Å². The van der Waals surface area contributed by atoms with Crippen molar-refractivity contribution in [2.75, 3.05) is 0 Å². The summed E-state index contributed by atoms with van der Waals surface area (Å²) in [6.07, 6.45) is 0.589. The van der Waals surface area contributed by atoms with E-state index in [1.54, 1.807) is 12.1 Å². The summed E-state index contributed by atoms with van der Waals surface area (Å²) in [4.78, 5) is 43.3. The molecule has 1 aliphatic heterocycles. The van der Waals surface area contributed by atoms with Gasteiger partial charge >= 0.3 is 18.1 Å². The average molecular weight is 467 g/mol. The molecule has 174 valence electrons. The number of urea groups is 1. The fourth-order valence-electron chi connectivity index (χ4n) is 4.02. The second kappa shape index (κ2) is 8.98. The van der Waals surface area contributed by atoms with E-state index in [2.05, 4.69) is 15.3 Å². The van der Waals surface area contributed by atoms with Crippen LogP contribution in [0.4, 0.5) is 9.59 Å². The molecule has 2 N–H and O–H groups in total. The number of amides is 3. The second-order valence-corrected chi connectivity index (χ2v) is 8.43. The van der Waals surface area contributed by atoms with Crippen molar-refractivity contribution >= 4 is 29.6 Å². The molecule has 3 aromatic carbocycles. The number of benzene rings is 3. The third-order valence-corrected chi connectivity index (χ3v) is 6.16. The van der Waals surface area contributed by atoms with Crippen LogP contribution in [0.3, 0.4) is 0 Å². The molecule has 3 aromatic rings. The maximum atomic E-state index is 12.2. The molecule has 0 atom stereocenters. The predicted molar refractivity (Wildman–Crippen MR) is 130 cm³/mol. The van der Waals surface area contributed by atoms with Crippen LogP contribution in [-0.2, 0) is 21.6 Å². The lowest BCUT2D eigenvalue weighted by Gasteiger charge is -2.11. The summed E-state index contributed by atoms with van der Waals surface area (Å²) in [5, 5.41) is 12.0. The number of hydrogen-bond acceptors (Lipinski definition) is 4. The standard InChI is InChI=1S/C27H21N3O5/c31-24(32)27(14-15-27)21-12-10-19(11-13-21)18-6-8-20(9-7-18)22-23(29-25(33)28-22)30-26(34)35-16-17-4-2-1-3-5-17/h1-13H,14-16H2,(H,31,32)(H,29,30,33,34). The van der Waals surface area contributed by atoms with Gasteiger partial charge in [-0.25, -0.2) is 9.59 Å². The van der Waals surface area contributed by atoms with Gasteiger partial charge in [0.05, 0.1) is 5.41 Å². The van der Waals surface area contributed by atoms with E-state index in [0.29, 0.717) is 18.4 Å². The average Bonchev–Trinajstić information content (AvgIpc) is 3.62. The maximum Gasteiger partial charge on any atom is 0.413 e. The van der Waals surface area contributed by atoms with Crippen molar-refractivity contribution in [2.24, 2.45) is 9.98 Å². The van der Waals surface area contributed by atoms with Crippen molar-refractivity contribution in [3.63, 3.8) is 0 Å². The first-order valence-corrected chi connectivity index (χ1v) is 11.1. The molecular formula is C27H21N3O5. The number of nitrogens with zero attached hydrogens (tertiary/aromatic N) is 2. The van der Waals surface area contributed by atoms with Crippen molar-refractivity contribution < 1.29 is 24.2 Å². The minimum absolute atomic E-state index is 0.0357. The number of alkyl carbamates (subject to hydrolysis) is 1. The Bertz CT molecular complexity index is 1360. The highest BCUT2D eigenvalue weighted by Gasteiger charge is 2.51. The number of carbonyl (C=O) groups is 3. The van der Waals surface area contributed by atoms with E-state index in [1.165, 1.54) is 0 Å². The topological polar surface area (TPSA) is 117 Å². The van der Waals surface area contributed by atoms with Crippen LogP contribution in [0, 0.1) is 0 Å². The van der Waals surface area contributed by atoms with Crippen molar-refractivity contribution in [3.8, 4) is 11.1 Å². The highest BCUT2D eigenvalue weighted by atomic mass is 16.5. The fraction of sp³-hybridized carbons (Fsp3) is 0.148. The molecule has 0 radical (unpaired) electrons. The minimum Gasteiger partial charge on any atom is -0.481 e. The lowest BCUT2D eigenvalue weighted by Crippen LogP contribution is -2.35. The molecule has 3 amide bonds. The number of carboxylic acid groups (broad SMARTS) is 1. The van der Waals surface area contributed by atoms with Crippen molar-refractivity contribution in [3.05, 3.63) is 95.6 Å². The summed E-state index contributed by atoms with van der Waals surface area (Å²) in [6.45, 7) is 0.0848. The molecule has 0 unspecified atom stereocenters. The first-order chi connectivity index (χ1) is 16.9. The number of amidine groups is 1. The molecule has 8 heteroatoms. The van der Waals surface area contributed by atoms with Gasteiger partial charge in [-0.05, 0) is 35.1 Å². The summed E-state index contributed by atoms with van der Waals surface area (Å²) in [7, 11) is 0. The summed E-state index contributed by atoms with van der Waals surface area (Å²) in [5.41, 5.74) is 3.63. The van der Waals surface area contributed by atoms with Crippen LogP contribution in [0.2, 0.25) is 0 Å². The molecule has 8 nitrogen and oxygen atoms in total. The van der Waals surface area contributed by atoms with Gasteiger partial charge in [-0.15, -0.1) is 0 Å². The van der Waals surface area contributed by atoms with Crippen LogP contribution in [0.25, 0.3) is 11.1 Å². The molecule has 5 rings (SSSR count). The number of carbonyl (C=O) groups excluding carboxylic acids is 2. The smallest absolute Gasteiger partial charge is 0.413 e. The third-order valence-electron chi connectivity index (χ3n) is 6.16. The van der Waals surface area contributed by atoms with Crippen molar-refractivity contribution in [1.29, 1.82) is 0 Å². The summed E-state index contributed by atoms with van der Waals surface area (Å²) in [6, 6.07) is 23.4. The van der Waals surface area contributed by atoms with E-state index in [-0.39, 0.29) is 18.2 Å². The normalized spacial score (nSPS) is 15.7. The number of aliphatic carboxylic acids is 1. The number of nitrogens with one attached hydrogen (secondary N) is 1. The van der Waals surface area contributed by atoms with Crippen LogP contribution in [0.15, 0.2) is 88.8 Å². The van der Waals surface area contributed by atoms with Crippen LogP contribution < -0.4 is 5.32 Å². The Morgan fingerprint density at radius 1 is 0.857 bits per heavy atom. The van der Waals surface area contributed by atoms with E-state index in [1.807, 2.05) is 66.7 Å². The van der Waals surface area contributed by atoms with Gasteiger partial charge in [0.25, 0.3) is 0 Å². The number of hydrogen-bond donors (Lipinski definition) is 2. The molecule has 1 heterocycles. The molecule has 1 saturated carbocycles. The molecule has 1 aliphatic carbocycles. The van der Waals surface area contributed by atoms with E-state index in [4.69, 9.17) is 4.74 Å². The van der Waals surface area contributed by atoms with Crippen LogP contribution >= 0.6 is 0 Å². The zero-order valence-electron chi connectivity index (χ0n) is 18.6. The Hall–Kier alpha value is -4.59. The molecule has 35 heavy (non-hydrogen) atoms. The first kappa shape index (κ1) is 22.2. The molecule has 2 aliphatic rings. The largest absolute Gasteiger partial charge is 0.481 e. The van der Waals surface area contributed by atoms with Gasteiger partial charge in [-0.3, -0.25) is 10.1 Å². The van der Waals surface area contributed by atoms with E-state index < -0.39 is 23.5 Å². The van der Waals surface area contributed by atoms with Gasteiger partial charge in [-0.2, -0.15) is 9.98 Å². The van der Waals surface area contributed by atoms with Gasteiger partial charge in [0, 0.05) is 5.56 Å². The lowest BCUT2D eigenvalue weighted by molar-refractivity contribution is -0.140. The van der Waals surface area contributed by atoms with Gasteiger partial charge < -0.3 is 9.84 Å². The van der Waals surface area contributed by atoms with Gasteiger partial charge in [0.1, 0.15) is 12.3 Å². The number of ether oxygens (including phenoxy) is 1. The Labute approximate surface area is 201 Å². The lowest BCUT2D eigenvalue weighted by atomic mass is 9.93. The molecular weight excluding hydrogens is 446 g/mol. The molecule has 0 spiro atoms. The first-order valence-electron chi connectivity index (χ1n) is 11.1. The quantitative estimate of drug-likeness (QED) is 0.544. The van der Waals surface area contributed by atoms with E-state index in [0.717, 1.165) is 22.3 Å². The monoisotopic (exact) mass is 467 g/mol. The fourth-order valence-corrected chi connectivity index (χ4v) is 4.02. The number of aliphatic imine (C=N–C) groups is 2. The second-order valence-electron chi connectivity index (χ2n) is 8.43. The maximum absolute atomic E-state index is 12.2. The summed E-state index contributed by atoms with van der Waals surface area (Å²) < 4.78 is 5.21. The highest BCUT2D eigenvalue weighted by molar-refractivity contribution is 6.53. The molecule has 1 fully saturated rings. The van der Waals surface area contributed by atoms with Crippen LogP contribution in [0.1, 0.15) is 29.5 Å². The number of carboxylic acids is 1. The predicted octanol–water partition coefficient (Wildman–Crippen LogP) is 4.72. The summed E-state index contributed by atoms with van der Waals surface area (Å²) >= 11 is 0. The van der Waals surface area contributed by atoms with Crippen LogP contribution in [0.5, 0.6) is 0 Å². The van der Waals surface area contributed by atoms with E-state index >= 15 is 0 Å². The molecule has 0 saturated heterocycles. The zero-order valence-corrected chi connectivity index (χ0v) is 18.6. The highest BCUT2D eigenvalue weighted by Crippen LogP contribution is 2.48. The third kappa shape index (κ3) is 4.59. The Morgan fingerprint density at radius 2 is 1.46 bits per heavy atom. The van der Waals surface area contributed by atoms with Crippen LogP contribution in [-0.4, -0.2) is 34.7 Å². The Balaban J connectivity index is 1.26. The molecule has 0 aromatic heterocycles. The minimum atomic E-state index is -0.781.